The molecule has 2 unspecified atom stereocenters. The first kappa shape index (κ1) is 48.5. The zero-order valence-electron chi connectivity index (χ0n) is 33.2. The van der Waals surface area contributed by atoms with Gasteiger partial charge in [0.15, 0.2) is 12.1 Å². The largest absolute Gasteiger partial charge is 0.477 e. The van der Waals surface area contributed by atoms with Gasteiger partial charge in [-0.25, -0.2) is 4.79 Å². The maximum absolute atomic E-state index is 12.6. The average Bonchev–Trinajstić information content (AvgIpc) is 3.09. The van der Waals surface area contributed by atoms with E-state index >= 15 is 0 Å². The van der Waals surface area contributed by atoms with Gasteiger partial charge in [0.25, 0.3) is 0 Å². The first-order valence-electron chi connectivity index (χ1n) is 19.7. The highest BCUT2D eigenvalue weighted by atomic mass is 16.6. The van der Waals surface area contributed by atoms with Crippen LogP contribution in [0.3, 0.4) is 0 Å². The van der Waals surface area contributed by atoms with Gasteiger partial charge in [0.1, 0.15) is 6.61 Å². The number of carboxylic acid groups (broad SMARTS) is 1. The van der Waals surface area contributed by atoms with Crippen LogP contribution in [0, 0.1) is 0 Å². The topological polar surface area (TPSA) is 99.1 Å². The number of carbonyl (C=O) groups excluding carboxylic acids is 2. The van der Waals surface area contributed by atoms with Crippen LogP contribution in [0.4, 0.5) is 0 Å². The van der Waals surface area contributed by atoms with Gasteiger partial charge < -0.3 is 23.8 Å². The van der Waals surface area contributed by atoms with E-state index in [2.05, 4.69) is 62.5 Å². The second kappa shape index (κ2) is 34.6. The lowest BCUT2D eigenvalue weighted by Crippen LogP contribution is -2.50. The molecule has 2 atom stereocenters. The summed E-state index contributed by atoms with van der Waals surface area (Å²) in [6.45, 7) is 4.37. The predicted molar refractivity (Wildman–Crippen MR) is 215 cm³/mol. The quantitative estimate of drug-likeness (QED) is 0.0311. The number of hydrogen-bond acceptors (Lipinski definition) is 6. The number of unbranched alkanes of at least 4 members (excludes halogenated alkanes) is 10. The molecule has 0 fully saturated rings. The molecular formula is C44H72NO7+. The molecule has 0 aliphatic rings. The molecule has 0 heterocycles. The van der Waals surface area contributed by atoms with Gasteiger partial charge in [0, 0.05) is 19.3 Å². The first-order valence-corrected chi connectivity index (χ1v) is 19.7. The van der Waals surface area contributed by atoms with E-state index in [9.17, 15) is 19.5 Å². The minimum Gasteiger partial charge on any atom is -0.477 e. The van der Waals surface area contributed by atoms with Gasteiger partial charge in [-0.1, -0.05) is 137 Å². The number of hydrogen-bond donors (Lipinski definition) is 1. The molecule has 8 nitrogen and oxygen atoms in total. The third-order valence-electron chi connectivity index (χ3n) is 8.20. The minimum atomic E-state index is -0.889. The van der Waals surface area contributed by atoms with Crippen molar-refractivity contribution in [3.63, 3.8) is 0 Å². The molecule has 1 N–H and O–H groups in total. The highest BCUT2D eigenvalue weighted by molar-refractivity contribution is 5.72. The SMILES string of the molecule is CC/C=C/C=C/C=C/C=C/CCCCCC(=O)OC(COCCC(C(=O)O)[N+](C)(C)C)COC(=O)CCCCCCCCC/C=C/C=C/C=C/CC. The van der Waals surface area contributed by atoms with Crippen molar-refractivity contribution in [2.45, 2.75) is 135 Å². The Morgan fingerprint density at radius 3 is 1.52 bits per heavy atom. The van der Waals surface area contributed by atoms with E-state index in [-0.39, 0.29) is 42.7 Å². The van der Waals surface area contributed by atoms with Crippen molar-refractivity contribution in [1.29, 1.82) is 0 Å². The van der Waals surface area contributed by atoms with Crippen molar-refractivity contribution in [2.24, 2.45) is 0 Å². The lowest BCUT2D eigenvalue weighted by Gasteiger charge is -2.31. The molecule has 0 radical (unpaired) electrons. The summed E-state index contributed by atoms with van der Waals surface area (Å²) in [7, 11) is 5.49. The smallest absolute Gasteiger partial charge is 0.362 e. The van der Waals surface area contributed by atoms with Gasteiger partial charge in [0.2, 0.25) is 0 Å². The third kappa shape index (κ3) is 32.4. The lowest BCUT2D eigenvalue weighted by atomic mass is 10.1. The van der Waals surface area contributed by atoms with Gasteiger partial charge >= 0.3 is 17.9 Å². The van der Waals surface area contributed by atoms with E-state index in [0.29, 0.717) is 19.3 Å². The zero-order valence-corrected chi connectivity index (χ0v) is 33.2. The molecule has 0 bridgehead atoms. The van der Waals surface area contributed by atoms with E-state index in [1.54, 1.807) is 0 Å². The molecule has 0 amide bonds. The van der Waals surface area contributed by atoms with E-state index in [4.69, 9.17) is 14.2 Å². The molecule has 0 aromatic heterocycles. The summed E-state index contributed by atoms with van der Waals surface area (Å²) in [5.41, 5.74) is 0. The van der Waals surface area contributed by atoms with Crippen molar-refractivity contribution in [3.8, 4) is 0 Å². The van der Waals surface area contributed by atoms with Crippen molar-refractivity contribution in [2.75, 3.05) is 41.0 Å². The second-order valence-electron chi connectivity index (χ2n) is 13.9. The molecule has 0 aliphatic heterocycles. The highest BCUT2D eigenvalue weighted by Crippen LogP contribution is 2.12. The monoisotopic (exact) mass is 727 g/mol. The molecule has 8 heteroatoms. The predicted octanol–water partition coefficient (Wildman–Crippen LogP) is 10.2. The van der Waals surface area contributed by atoms with Crippen LogP contribution < -0.4 is 0 Å². The summed E-state index contributed by atoms with van der Waals surface area (Å²) >= 11 is 0. The molecule has 0 aromatic carbocycles. The number of quaternary nitrogens is 1. The molecule has 0 rings (SSSR count). The Morgan fingerprint density at radius 1 is 0.577 bits per heavy atom. The Morgan fingerprint density at radius 2 is 1.02 bits per heavy atom. The number of allylic oxidation sites excluding steroid dienone is 14. The van der Waals surface area contributed by atoms with Gasteiger partial charge in [-0.3, -0.25) is 9.59 Å². The second-order valence-corrected chi connectivity index (χ2v) is 13.9. The van der Waals surface area contributed by atoms with Crippen LogP contribution in [0.5, 0.6) is 0 Å². The number of ether oxygens (including phenoxy) is 3. The molecule has 0 spiro atoms. The zero-order chi connectivity index (χ0) is 38.5. The number of esters is 2. The van der Waals surface area contributed by atoms with Crippen molar-refractivity contribution in [1.82, 2.24) is 0 Å². The lowest BCUT2D eigenvalue weighted by molar-refractivity contribution is -0.887. The van der Waals surface area contributed by atoms with Gasteiger partial charge in [-0.2, -0.15) is 0 Å². The van der Waals surface area contributed by atoms with Crippen molar-refractivity contribution >= 4 is 17.9 Å². The number of carboxylic acids is 1. The summed E-state index contributed by atoms with van der Waals surface area (Å²) in [5.74, 6) is -1.55. The Bertz CT molecular complexity index is 1120. The van der Waals surface area contributed by atoms with Crippen LogP contribution in [0.25, 0.3) is 0 Å². The van der Waals surface area contributed by atoms with E-state index in [1.807, 2.05) is 57.6 Å². The van der Waals surface area contributed by atoms with Crippen LogP contribution in [-0.4, -0.2) is 80.6 Å². The summed E-state index contributed by atoms with van der Waals surface area (Å²) in [4.78, 5) is 36.8. The van der Waals surface area contributed by atoms with Gasteiger partial charge in [-0.15, -0.1) is 0 Å². The molecule has 0 saturated heterocycles. The van der Waals surface area contributed by atoms with Crippen molar-refractivity contribution in [3.05, 3.63) is 85.1 Å². The Hall–Kier alpha value is -3.49. The van der Waals surface area contributed by atoms with E-state index in [1.165, 1.54) is 19.3 Å². The van der Waals surface area contributed by atoms with Crippen LogP contribution in [0.2, 0.25) is 0 Å². The summed E-state index contributed by atoms with van der Waals surface area (Å²) in [5, 5.41) is 9.59. The van der Waals surface area contributed by atoms with E-state index < -0.39 is 18.1 Å². The molecule has 0 aromatic rings. The number of rotatable bonds is 33. The third-order valence-corrected chi connectivity index (χ3v) is 8.20. The molecule has 52 heavy (non-hydrogen) atoms. The van der Waals surface area contributed by atoms with Crippen LogP contribution in [-0.2, 0) is 28.6 Å². The van der Waals surface area contributed by atoms with Gasteiger partial charge in [-0.05, 0) is 51.4 Å². The Labute approximate surface area is 316 Å². The molecule has 0 saturated carbocycles. The Balaban J connectivity index is 4.50. The van der Waals surface area contributed by atoms with Crippen LogP contribution in [0.15, 0.2) is 85.1 Å². The average molecular weight is 727 g/mol. The molecule has 0 aliphatic carbocycles. The maximum atomic E-state index is 12.6. The fourth-order valence-corrected chi connectivity index (χ4v) is 5.16. The summed E-state index contributed by atoms with van der Waals surface area (Å²) in [6, 6.07) is -0.628. The number of carbonyl (C=O) groups is 3. The standard InChI is InChI=1S/C44H71NO7/c1-6-8-10-12-14-16-18-20-21-23-24-26-28-30-32-34-42(46)51-39-40(38-50-37-36-41(44(48)49)45(3,4)5)52-43(47)35-33-31-29-27-25-22-19-17-15-13-11-9-7-2/h8-19,22,25,40-41H,6-7,20-21,23-24,26-39H2,1-5H3/p+1/b10-8+,11-9+,14-12+,15-13+,18-16+,19-17+,25-22+. The number of aliphatic carboxylic acids is 1. The number of likely N-dealkylation sites (N-methyl/N-ethyl adjacent to an activating group) is 1. The highest BCUT2D eigenvalue weighted by Gasteiger charge is 2.31. The molecule has 294 valence electrons. The molecular weight excluding hydrogens is 654 g/mol. The van der Waals surface area contributed by atoms with Gasteiger partial charge in [0.05, 0.1) is 34.4 Å². The van der Waals surface area contributed by atoms with E-state index in [0.717, 1.165) is 64.2 Å². The Kier molecular flexibility index (Phi) is 32.3. The minimum absolute atomic E-state index is 0.0354. The normalized spacial score (nSPS) is 13.9. The van der Waals surface area contributed by atoms with Crippen LogP contribution in [0.1, 0.15) is 123 Å². The van der Waals surface area contributed by atoms with Crippen molar-refractivity contribution < 1.29 is 38.2 Å². The van der Waals surface area contributed by atoms with Crippen LogP contribution >= 0.6 is 0 Å². The fraction of sp³-hybridized carbons (Fsp3) is 0.614. The fourth-order valence-electron chi connectivity index (χ4n) is 5.16. The summed E-state index contributed by atoms with van der Waals surface area (Å²) < 4.78 is 17.2. The maximum Gasteiger partial charge on any atom is 0.362 e. The number of nitrogens with zero attached hydrogens (tertiary/aromatic N) is 1. The first-order chi connectivity index (χ1) is 25.1. The summed E-state index contributed by atoms with van der Waals surface area (Å²) in [6.07, 6.45) is 43.4.